The van der Waals surface area contributed by atoms with E-state index in [0.717, 1.165) is 73.7 Å². The van der Waals surface area contributed by atoms with E-state index in [0.29, 0.717) is 205 Å². The molecule has 9 rings (SSSR count). The van der Waals surface area contributed by atoms with E-state index < -0.39 is 77.8 Å². The fourth-order valence-corrected chi connectivity index (χ4v) is 17.1. The summed E-state index contributed by atoms with van der Waals surface area (Å²) in [6.45, 7) is 22.6. The molecule has 7 N–H and O–H groups in total. The smallest absolute Gasteiger partial charge is 0.329 e. The van der Waals surface area contributed by atoms with Crippen molar-refractivity contribution < 1.29 is 110 Å². The number of aliphatic hydroxyl groups is 2. The number of benzene rings is 1. The summed E-state index contributed by atoms with van der Waals surface area (Å²) >= 11 is 0. The summed E-state index contributed by atoms with van der Waals surface area (Å²) in [4.78, 5) is 97.9. The van der Waals surface area contributed by atoms with Crippen molar-refractivity contribution in [2.75, 3.05) is 166 Å². The van der Waals surface area contributed by atoms with Gasteiger partial charge in [-0.15, -0.1) is 0 Å². The zero-order valence-electron chi connectivity index (χ0n) is 76.5. The van der Waals surface area contributed by atoms with Crippen molar-refractivity contribution in [3.05, 3.63) is 78.2 Å². The maximum atomic E-state index is 14.8. The standard InChI is InChI=1S/C93H143N11O23/c1-62-20-12-11-13-21-63(2)79(114-8)58-73-27-24-68(7)93(113,127-73)88(110)91(111)103-32-17-14-23-76(103)92(112)126-80(59-77(106)64(3)53-67(6)86(109)87(116-10)85(108)66(5)52-62)65(4)54-69-25-29-78(81(55-69)115-9)125-35-19-15-22-71-60-102(101-99-71)34-37-118-39-41-120-43-45-122-47-49-124-51-50-123-48-46-121-44-42-119-40-38-117-36-30-82(107)95-31-16-18-33-104-90-83(89(94)96-61-97-90)84(100-104)75-57-70-56-72(105)26-28-74(70)98-75/h11-13,20-21,26,28,53,56-57,61-62,64-66,68-69,71,73,76,78-81,86-87,98,105,109,113H,14-19,22-25,27,29-52,54-55,58-60H2,1-10H3,(H,95,107)(H2,94,96,97)/b13-11+,20-12-,63-21+,67-53-/t62-,64-,65-,66-,68-,69+,71?,73+,76+,78-,79+,80+,81-,86-,87+,93-/m1/s1. The van der Waals surface area contributed by atoms with Crippen LogP contribution in [0, 0.1) is 35.5 Å². The van der Waals surface area contributed by atoms with Crippen LogP contribution >= 0.6 is 0 Å². The first-order valence-corrected chi connectivity index (χ1v) is 45.8. The van der Waals surface area contributed by atoms with Gasteiger partial charge in [-0.3, -0.25) is 29.0 Å². The number of amides is 2. The van der Waals surface area contributed by atoms with Crippen LogP contribution in [0.5, 0.6) is 5.75 Å². The normalized spacial score (nSPS) is 27.6. The number of hydrogen-bond donors (Lipinski definition) is 6. The zero-order chi connectivity index (χ0) is 91.0. The van der Waals surface area contributed by atoms with E-state index in [2.05, 4.69) is 30.6 Å². The van der Waals surface area contributed by atoms with E-state index in [9.17, 15) is 44.1 Å². The van der Waals surface area contributed by atoms with E-state index in [-0.39, 0.29) is 91.6 Å². The van der Waals surface area contributed by atoms with Crippen molar-refractivity contribution in [1.82, 2.24) is 40.0 Å². The number of carbonyl (C=O) groups excluding carboxylic acids is 6. The number of aromatic hydroxyl groups is 1. The number of Topliss-reactive ketones (excluding diaryl/α,β-unsaturated/α-hetero) is 3. The average Bonchev–Trinajstić information content (AvgIpc) is 1.76. The van der Waals surface area contributed by atoms with Crippen molar-refractivity contribution in [3.8, 4) is 17.1 Å². The van der Waals surface area contributed by atoms with Gasteiger partial charge < -0.3 is 103 Å². The van der Waals surface area contributed by atoms with Gasteiger partial charge in [0, 0.05) is 95.5 Å². The molecule has 1 saturated carbocycles. The minimum absolute atomic E-state index is 0.00369. The van der Waals surface area contributed by atoms with Gasteiger partial charge >= 0.3 is 5.97 Å². The van der Waals surface area contributed by atoms with Crippen molar-refractivity contribution in [2.24, 2.45) is 45.8 Å². The van der Waals surface area contributed by atoms with E-state index in [1.165, 1.54) is 18.3 Å². The molecule has 34 nitrogen and oxygen atoms in total. The maximum Gasteiger partial charge on any atom is 0.329 e. The molecular weight excluding hydrogens is 1640 g/mol. The van der Waals surface area contributed by atoms with Gasteiger partial charge in [-0.2, -0.15) is 10.2 Å². The number of rotatable bonds is 45. The van der Waals surface area contributed by atoms with E-state index in [4.69, 9.17) is 77.1 Å². The van der Waals surface area contributed by atoms with Crippen molar-refractivity contribution in [3.63, 3.8) is 0 Å². The molecule has 1 aromatic carbocycles. The summed E-state index contributed by atoms with van der Waals surface area (Å²) in [5.41, 5.74) is 10.4. The molecule has 0 radical (unpaired) electrons. The lowest BCUT2D eigenvalue weighted by molar-refractivity contribution is -0.265. The molecule has 127 heavy (non-hydrogen) atoms. The van der Waals surface area contributed by atoms with Crippen LogP contribution in [0.1, 0.15) is 164 Å². The quantitative estimate of drug-likeness (QED) is 0.0104. The number of H-pyrrole nitrogens is 1. The average molecular weight is 1780 g/mol. The molecule has 0 spiro atoms. The number of ether oxygens (including phenoxy) is 14. The summed E-state index contributed by atoms with van der Waals surface area (Å²) in [6, 6.07) is 5.93. The number of esters is 1. The molecule has 5 aliphatic rings. The van der Waals surface area contributed by atoms with Crippen LogP contribution in [0.3, 0.4) is 0 Å². The molecule has 34 heteroatoms. The Kier molecular flexibility index (Phi) is 44.3. The Bertz CT molecular complexity index is 4190. The fourth-order valence-electron chi connectivity index (χ4n) is 17.1. The number of nitrogens with one attached hydrogen (secondary N) is 2. The van der Waals surface area contributed by atoms with E-state index in [1.807, 2.05) is 69.2 Å². The number of aliphatic hydroxyl groups excluding tert-OH is 1. The van der Waals surface area contributed by atoms with Crippen molar-refractivity contribution in [1.29, 1.82) is 0 Å². The zero-order valence-corrected chi connectivity index (χ0v) is 76.5. The highest BCUT2D eigenvalue weighted by Gasteiger charge is 2.53. The van der Waals surface area contributed by atoms with Gasteiger partial charge in [-0.1, -0.05) is 76.3 Å². The van der Waals surface area contributed by atoms with Gasteiger partial charge in [0.2, 0.25) is 11.7 Å². The van der Waals surface area contributed by atoms with Gasteiger partial charge in [0.1, 0.15) is 53.7 Å². The molecule has 3 fully saturated rings. The topological polar surface area (TPSA) is 421 Å². The maximum absolute atomic E-state index is 14.8. The molecular formula is C93H143N11O23. The molecule has 1 aliphatic carbocycles. The second kappa shape index (κ2) is 54.7. The first-order valence-electron chi connectivity index (χ1n) is 45.8. The molecule has 16 atom stereocenters. The minimum atomic E-state index is -2.46. The largest absolute Gasteiger partial charge is 0.508 e. The number of nitrogen functional groups attached to an aromatic ring is 1. The number of fused-ring (bicyclic) bond motifs is 5. The van der Waals surface area contributed by atoms with Crippen LogP contribution in [0.15, 0.2) is 88.5 Å². The van der Waals surface area contributed by atoms with E-state index in [1.54, 1.807) is 63.9 Å². The Morgan fingerprint density at radius 2 is 1.41 bits per heavy atom. The Morgan fingerprint density at radius 3 is 2.09 bits per heavy atom. The fraction of sp³-hybridized carbons (Fsp3) is 0.710. The SMILES string of the molecule is CO[C@H]1C[C@@H]2CC[C@@H](C)[C@@](O)(O2)C(=O)C(=O)N2CCCC[C@H]2C(=O)O[C@H]([C@H](C)C[C@@H]2CC[C@@H](OCCCCC3CN(CCOCCOCCOCCOCCOCCOCCOCCOCCC(=O)NCCCCn4nc(-c5cc6cc(O)ccc6[nH]5)c5c(N)ncnc54)N=N3)[C@H](OC)C2)CC(=O)[C@H](C)/C=C(/C)[C@@H](O)[C@@H](OC)C(=O)[C@H](C)C[C@H](C)\C=C/C=C/C=C/1C. The summed E-state index contributed by atoms with van der Waals surface area (Å²) in [6.07, 6.45) is 17.7. The number of unbranched alkanes of at least 4 members (excludes halogenated alkanes) is 2. The number of aromatic amines is 1. The van der Waals surface area contributed by atoms with Gasteiger partial charge in [-0.25, -0.2) is 19.4 Å². The number of phenols is 1. The molecule has 4 aromatic rings. The van der Waals surface area contributed by atoms with Crippen LogP contribution in [-0.4, -0.2) is 306 Å². The number of aromatic nitrogens is 5. The van der Waals surface area contributed by atoms with Gasteiger partial charge in [-0.05, 0) is 163 Å². The number of cyclic esters (lactones) is 1. The monoisotopic (exact) mass is 1780 g/mol. The molecule has 3 aromatic heterocycles. The molecule has 2 bridgehead atoms. The summed E-state index contributed by atoms with van der Waals surface area (Å²) < 4.78 is 83.7. The molecule has 1 unspecified atom stereocenters. The van der Waals surface area contributed by atoms with Crippen LogP contribution < -0.4 is 11.1 Å². The van der Waals surface area contributed by atoms with Gasteiger partial charge in [0.15, 0.2) is 11.4 Å². The third kappa shape index (κ3) is 32.6. The number of anilines is 1. The summed E-state index contributed by atoms with van der Waals surface area (Å²) in [7, 11) is 4.66. The lowest BCUT2D eigenvalue weighted by Crippen LogP contribution is -2.61. The van der Waals surface area contributed by atoms with Crippen LogP contribution in [0.25, 0.3) is 33.3 Å². The first-order chi connectivity index (χ1) is 61.4. The lowest BCUT2D eigenvalue weighted by Gasteiger charge is -2.42. The molecule has 2 amide bonds. The highest BCUT2D eigenvalue weighted by atomic mass is 16.6. The highest BCUT2D eigenvalue weighted by Crippen LogP contribution is 2.40. The van der Waals surface area contributed by atoms with Crippen molar-refractivity contribution in [2.45, 2.75) is 231 Å². The second-order valence-corrected chi connectivity index (χ2v) is 34.4. The Balaban J connectivity index is 0.578. The third-order valence-electron chi connectivity index (χ3n) is 24.6. The number of methoxy groups -OCH3 is 3. The molecule has 4 aliphatic heterocycles. The summed E-state index contributed by atoms with van der Waals surface area (Å²) in [5.74, 6) is -7.73. The lowest BCUT2D eigenvalue weighted by atomic mass is 9.78. The third-order valence-corrected chi connectivity index (χ3v) is 24.6. The number of aryl methyl sites for hydroxylation is 1. The predicted molar refractivity (Wildman–Crippen MR) is 475 cm³/mol. The van der Waals surface area contributed by atoms with Gasteiger partial charge in [0.05, 0.1) is 160 Å². The number of piperidine rings is 1. The Hall–Kier alpha value is -7.91. The molecule has 708 valence electrons. The molecule has 2 saturated heterocycles. The number of allylic oxidation sites excluding steroid dienone is 6. The summed E-state index contributed by atoms with van der Waals surface area (Å²) in [5, 5.41) is 53.8. The number of phenolic OH excluding ortho intramolecular Hbond substituents is 1. The number of ketones is 3. The number of hydrogen-bond acceptors (Lipinski definition) is 30. The van der Waals surface area contributed by atoms with Gasteiger partial charge in [0.25, 0.3) is 11.7 Å². The number of carbonyl (C=O) groups is 6. The Labute approximate surface area is 747 Å². The molecule has 7 heterocycles. The van der Waals surface area contributed by atoms with Crippen LogP contribution in [0.2, 0.25) is 0 Å². The second-order valence-electron chi connectivity index (χ2n) is 34.4. The Morgan fingerprint density at radius 1 is 0.724 bits per heavy atom. The van der Waals surface area contributed by atoms with Crippen LogP contribution in [-0.2, 0) is 102 Å². The van der Waals surface area contributed by atoms with Crippen molar-refractivity contribution >= 4 is 62.9 Å². The number of nitrogens with two attached hydrogens (primary N) is 1. The van der Waals surface area contributed by atoms with Crippen LogP contribution in [0.4, 0.5) is 5.82 Å². The first kappa shape index (κ1) is 103. The predicted octanol–water partition coefficient (Wildman–Crippen LogP) is 10.1. The van der Waals surface area contributed by atoms with E-state index >= 15 is 0 Å². The number of nitrogens with zero attached hydrogens (tertiary/aromatic N) is 8. The minimum Gasteiger partial charge on any atom is -0.508 e. The highest BCUT2D eigenvalue weighted by molar-refractivity contribution is 6.39.